The number of nitrogens with one attached hydrogen (secondary N) is 1. The van der Waals surface area contributed by atoms with Crippen LogP contribution in [-0.2, 0) is 0 Å². The Morgan fingerprint density at radius 3 is 2.60 bits per heavy atom. The summed E-state index contributed by atoms with van der Waals surface area (Å²) in [6.45, 7) is 0. The molecule has 1 radical (unpaired) electrons. The zero-order valence-electron chi connectivity index (χ0n) is 5.10. The molecule has 51 valence electrons. The average molecular weight is 218 g/mol. The topological polar surface area (TPSA) is 23.9 Å². The van der Waals surface area contributed by atoms with Gasteiger partial charge >= 0.3 is 72.5 Å². The van der Waals surface area contributed by atoms with Gasteiger partial charge in [-0.15, -0.1) is 0 Å². The Morgan fingerprint density at radius 2 is 2.20 bits per heavy atom. The molecule has 1 aromatic rings. The second-order valence-electron chi connectivity index (χ2n) is 1.84. The van der Waals surface area contributed by atoms with Crippen molar-refractivity contribution in [3.8, 4) is 0 Å². The van der Waals surface area contributed by atoms with Crippen molar-refractivity contribution in [1.82, 2.24) is 0 Å². The molecule has 0 amide bonds. The summed E-state index contributed by atoms with van der Waals surface area (Å²) in [4.78, 5) is 0. The first kappa shape index (κ1) is 7.80. The monoisotopic (exact) mass is 218 g/mol. The Labute approximate surface area is 72.7 Å². The third-order valence-corrected chi connectivity index (χ3v) is 1.82. The number of benzene rings is 1. The SMILES string of the molecule is N=C([Se])c1cccc(Cl)c1. The molecule has 0 fully saturated rings. The van der Waals surface area contributed by atoms with Crippen LogP contribution in [0.3, 0.4) is 0 Å². The van der Waals surface area contributed by atoms with Gasteiger partial charge in [0.15, 0.2) is 0 Å². The summed E-state index contributed by atoms with van der Waals surface area (Å²) < 4.78 is 0.419. The van der Waals surface area contributed by atoms with E-state index in [1.54, 1.807) is 12.1 Å². The molecule has 1 nitrogen and oxygen atoms in total. The van der Waals surface area contributed by atoms with Crippen LogP contribution in [0.4, 0.5) is 0 Å². The molecule has 0 unspecified atom stereocenters. The van der Waals surface area contributed by atoms with Crippen LogP contribution in [0.25, 0.3) is 0 Å². The van der Waals surface area contributed by atoms with E-state index in [1.807, 2.05) is 12.1 Å². The Bertz CT molecular complexity index is 260. The van der Waals surface area contributed by atoms with Gasteiger partial charge in [-0.3, -0.25) is 0 Å². The third-order valence-electron chi connectivity index (χ3n) is 1.09. The predicted octanol–water partition coefficient (Wildman–Crippen LogP) is 1.83. The van der Waals surface area contributed by atoms with Gasteiger partial charge in [0.2, 0.25) is 0 Å². The Morgan fingerprint density at radius 1 is 1.50 bits per heavy atom. The van der Waals surface area contributed by atoms with Crippen LogP contribution in [0.5, 0.6) is 0 Å². The Balaban J connectivity index is 3.07. The molecule has 10 heavy (non-hydrogen) atoms. The van der Waals surface area contributed by atoms with Crippen molar-refractivity contribution in [3.63, 3.8) is 0 Å². The zero-order valence-corrected chi connectivity index (χ0v) is 7.56. The number of hydrogen-bond donors (Lipinski definition) is 1. The minimum atomic E-state index is 0.419. The molecule has 0 aliphatic heterocycles. The van der Waals surface area contributed by atoms with Crippen molar-refractivity contribution in [1.29, 1.82) is 5.41 Å². The first-order valence-corrected chi connectivity index (χ1v) is 3.95. The fourth-order valence-corrected chi connectivity index (χ4v) is 1.09. The standard InChI is InChI=1S/C7H5ClNSe/c8-6-3-1-2-5(4-6)7(9)10/h1-4,9H. The second-order valence-corrected chi connectivity index (χ2v) is 3.13. The molecule has 1 aromatic carbocycles. The number of hydrogen-bond acceptors (Lipinski definition) is 1. The molecule has 1 N–H and O–H groups in total. The van der Waals surface area contributed by atoms with Gasteiger partial charge in [0, 0.05) is 0 Å². The van der Waals surface area contributed by atoms with Gasteiger partial charge in [0.05, 0.1) is 0 Å². The molecule has 0 spiro atoms. The first-order valence-electron chi connectivity index (χ1n) is 2.71. The second kappa shape index (κ2) is 3.20. The fraction of sp³-hybridized carbons (Fsp3) is 0. The summed E-state index contributed by atoms with van der Waals surface area (Å²) in [5.74, 6) is 0. The van der Waals surface area contributed by atoms with Crippen LogP contribution in [0.1, 0.15) is 5.56 Å². The van der Waals surface area contributed by atoms with Gasteiger partial charge in [-0.1, -0.05) is 0 Å². The van der Waals surface area contributed by atoms with Gasteiger partial charge in [-0.25, -0.2) is 0 Å². The maximum atomic E-state index is 7.22. The quantitative estimate of drug-likeness (QED) is 0.548. The van der Waals surface area contributed by atoms with Crippen molar-refractivity contribution in [2.75, 3.05) is 0 Å². The minimum absolute atomic E-state index is 0.419. The van der Waals surface area contributed by atoms with E-state index in [4.69, 9.17) is 17.0 Å². The molecule has 1 rings (SSSR count). The molecule has 0 aromatic heterocycles. The van der Waals surface area contributed by atoms with Crippen LogP contribution >= 0.6 is 11.6 Å². The molecule has 0 aliphatic carbocycles. The molecule has 0 saturated carbocycles. The van der Waals surface area contributed by atoms with Crippen molar-refractivity contribution in [2.24, 2.45) is 0 Å². The third kappa shape index (κ3) is 1.84. The number of rotatable bonds is 1. The molecule has 3 heteroatoms. The van der Waals surface area contributed by atoms with Crippen molar-refractivity contribution >= 4 is 32.2 Å². The molecule has 0 atom stereocenters. The summed E-state index contributed by atoms with van der Waals surface area (Å²) in [6.07, 6.45) is 0. The first-order chi connectivity index (χ1) is 4.70. The van der Waals surface area contributed by atoms with E-state index in [1.165, 1.54) is 0 Å². The van der Waals surface area contributed by atoms with Crippen LogP contribution in [0.2, 0.25) is 5.02 Å². The average Bonchev–Trinajstić information content (AvgIpc) is 1.88. The Hall–Kier alpha value is -0.301. The van der Waals surface area contributed by atoms with Crippen LogP contribution in [0.15, 0.2) is 24.3 Å². The van der Waals surface area contributed by atoms with Gasteiger partial charge in [-0.2, -0.15) is 0 Å². The van der Waals surface area contributed by atoms with Crippen LogP contribution < -0.4 is 0 Å². The van der Waals surface area contributed by atoms with Gasteiger partial charge in [0.25, 0.3) is 0 Å². The van der Waals surface area contributed by atoms with Crippen LogP contribution in [0, 0.1) is 5.41 Å². The number of halogens is 1. The fourth-order valence-electron chi connectivity index (χ4n) is 0.630. The van der Waals surface area contributed by atoms with Crippen molar-refractivity contribution < 1.29 is 0 Å². The molecular weight excluding hydrogens is 212 g/mol. The molecule has 0 aliphatic rings. The van der Waals surface area contributed by atoms with E-state index in [0.29, 0.717) is 9.63 Å². The molecular formula is C7H5ClNSe. The molecule has 0 heterocycles. The summed E-state index contributed by atoms with van der Waals surface area (Å²) in [5, 5.41) is 7.88. The van der Waals surface area contributed by atoms with Crippen molar-refractivity contribution in [3.05, 3.63) is 34.9 Å². The summed E-state index contributed by atoms with van der Waals surface area (Å²) in [5.41, 5.74) is 0.826. The van der Waals surface area contributed by atoms with Crippen molar-refractivity contribution in [2.45, 2.75) is 0 Å². The zero-order chi connectivity index (χ0) is 7.56. The van der Waals surface area contributed by atoms with Crippen LogP contribution in [-0.4, -0.2) is 20.6 Å². The van der Waals surface area contributed by atoms with E-state index < -0.39 is 0 Å². The van der Waals surface area contributed by atoms with Gasteiger partial charge < -0.3 is 0 Å². The van der Waals surface area contributed by atoms with E-state index >= 15 is 0 Å². The normalized spacial score (nSPS) is 9.30. The summed E-state index contributed by atoms with van der Waals surface area (Å²) in [6, 6.07) is 7.20. The maximum absolute atomic E-state index is 7.22. The van der Waals surface area contributed by atoms with Gasteiger partial charge in [-0.05, 0) is 0 Å². The Kier molecular flexibility index (Phi) is 2.50. The van der Waals surface area contributed by atoms with E-state index in [9.17, 15) is 0 Å². The van der Waals surface area contributed by atoms with E-state index in [0.717, 1.165) is 5.56 Å². The predicted molar refractivity (Wildman–Crippen MR) is 44.0 cm³/mol. The van der Waals surface area contributed by atoms with E-state index in [2.05, 4.69) is 16.0 Å². The van der Waals surface area contributed by atoms with E-state index in [-0.39, 0.29) is 0 Å². The molecule has 0 bridgehead atoms. The molecule has 0 saturated heterocycles. The summed E-state index contributed by atoms with van der Waals surface area (Å²) in [7, 11) is 0. The van der Waals surface area contributed by atoms with Gasteiger partial charge in [0.1, 0.15) is 0 Å². The summed E-state index contributed by atoms with van der Waals surface area (Å²) >= 11 is 8.29.